The van der Waals surface area contributed by atoms with Crippen molar-refractivity contribution in [2.45, 2.75) is 12.5 Å². The van der Waals surface area contributed by atoms with Gasteiger partial charge < -0.3 is 14.8 Å². The Balaban J connectivity index is 1.87. The summed E-state index contributed by atoms with van der Waals surface area (Å²) in [4.78, 5) is 30.3. The summed E-state index contributed by atoms with van der Waals surface area (Å²) in [5.74, 6) is -2.31. The molecule has 1 aromatic heterocycles. The minimum atomic E-state index is -2.90. The van der Waals surface area contributed by atoms with E-state index in [9.17, 15) is 27.1 Å². The molecule has 2 atom stereocenters. The van der Waals surface area contributed by atoms with Crippen molar-refractivity contribution in [3.63, 3.8) is 0 Å². The number of benzene rings is 2. The van der Waals surface area contributed by atoms with Gasteiger partial charge in [-0.15, -0.1) is 11.3 Å². The second kappa shape index (κ2) is 9.24. The summed E-state index contributed by atoms with van der Waals surface area (Å²) in [6.45, 7) is 0. The number of likely N-dealkylation sites (N-methyl/N-ethyl adjacent to an activating group) is 1. The monoisotopic (exact) mass is 453 g/mol. The van der Waals surface area contributed by atoms with Crippen LogP contribution in [0.3, 0.4) is 0 Å². The molecule has 0 aliphatic carbocycles. The molecule has 3 amide bonds. The average molecular weight is 453 g/mol. The van der Waals surface area contributed by atoms with Crippen molar-refractivity contribution in [1.82, 2.24) is 15.0 Å². The van der Waals surface area contributed by atoms with E-state index in [0.29, 0.717) is 17.3 Å². The molecule has 0 saturated carbocycles. The van der Waals surface area contributed by atoms with E-state index in [2.05, 4.69) is 10.3 Å². The number of hydrogen-bond acceptors (Lipinski definition) is 6. The van der Waals surface area contributed by atoms with E-state index in [1.54, 1.807) is 28.4 Å². The maximum Gasteiger partial charge on any atom is 0.326 e. The Morgan fingerprint density at radius 3 is 2.60 bits per heavy atom. The number of anilines is 1. The number of fused-ring (bicyclic) bond motifs is 1. The van der Waals surface area contributed by atoms with Gasteiger partial charge in [-0.05, 0) is 35.9 Å². The molecule has 12 heteroatoms. The third kappa shape index (κ3) is 5.34. The Labute approximate surface area is 176 Å². The van der Waals surface area contributed by atoms with Gasteiger partial charge in [0, 0.05) is 36.5 Å². The van der Waals surface area contributed by atoms with E-state index in [1.807, 2.05) is 0 Å². The van der Waals surface area contributed by atoms with Crippen LogP contribution in [0.15, 0.2) is 41.9 Å². The van der Waals surface area contributed by atoms with Gasteiger partial charge in [-0.1, -0.05) is 0 Å². The molecule has 3 rings (SSSR count). The van der Waals surface area contributed by atoms with Gasteiger partial charge in [0.1, 0.15) is 17.7 Å². The zero-order valence-corrected chi connectivity index (χ0v) is 17.1. The van der Waals surface area contributed by atoms with Gasteiger partial charge in [0.15, 0.2) is 0 Å². The van der Waals surface area contributed by atoms with Crippen LogP contribution in [-0.4, -0.2) is 38.8 Å². The number of urea groups is 1. The van der Waals surface area contributed by atoms with Crippen LogP contribution in [0.1, 0.15) is 5.56 Å². The molecule has 0 bridgehead atoms. The van der Waals surface area contributed by atoms with Crippen molar-refractivity contribution in [2.24, 2.45) is 0 Å². The van der Waals surface area contributed by atoms with Crippen molar-refractivity contribution in [3.05, 3.63) is 59.1 Å². The van der Waals surface area contributed by atoms with Crippen LogP contribution in [0, 0.1) is 11.6 Å². The molecule has 1 heterocycles. The van der Waals surface area contributed by atoms with Crippen LogP contribution in [0.5, 0.6) is 0 Å². The Hall–Kier alpha value is -2.96. The summed E-state index contributed by atoms with van der Waals surface area (Å²) in [6.07, 6.45) is -0.268. The van der Waals surface area contributed by atoms with Gasteiger partial charge in [0.25, 0.3) is 0 Å². The van der Waals surface area contributed by atoms with Crippen LogP contribution in [0.4, 0.5) is 19.3 Å². The molecule has 2 aromatic carbocycles. The summed E-state index contributed by atoms with van der Waals surface area (Å²) < 4.78 is 50.9. The highest BCUT2D eigenvalue weighted by Crippen LogP contribution is 2.24. The van der Waals surface area contributed by atoms with Crippen LogP contribution in [0.25, 0.3) is 10.2 Å². The normalized spacial score (nSPS) is 12.9. The molecule has 0 radical (unpaired) electrons. The van der Waals surface area contributed by atoms with Crippen molar-refractivity contribution in [1.29, 1.82) is 0 Å². The molecule has 0 saturated heterocycles. The summed E-state index contributed by atoms with van der Waals surface area (Å²) >= 11 is -1.47. The molecule has 0 spiro atoms. The lowest BCUT2D eigenvalue weighted by Crippen LogP contribution is -2.51. The van der Waals surface area contributed by atoms with Crippen LogP contribution < -0.4 is 14.9 Å². The van der Waals surface area contributed by atoms with Crippen molar-refractivity contribution in [3.8, 4) is 0 Å². The summed E-state index contributed by atoms with van der Waals surface area (Å²) in [5.41, 5.74) is 2.92. The second-order valence-corrected chi connectivity index (χ2v) is 7.81. The molecule has 0 aliphatic heterocycles. The lowest BCUT2D eigenvalue weighted by molar-refractivity contribution is -0.120. The topological polar surface area (TPSA) is 114 Å². The minimum absolute atomic E-state index is 0.109. The van der Waals surface area contributed by atoms with E-state index in [4.69, 9.17) is 0 Å². The Kier molecular flexibility index (Phi) is 6.70. The average Bonchev–Trinajstić information content (AvgIpc) is 3.12. The highest BCUT2D eigenvalue weighted by Gasteiger charge is 2.26. The van der Waals surface area contributed by atoms with Gasteiger partial charge in [0.05, 0.1) is 15.7 Å². The Morgan fingerprint density at radius 1 is 1.23 bits per heavy atom. The standard InChI is InChI=1S/C18H16F2N4O4S2/c1-24(13-2-3-16-14(8-13)21-9-29-16)17(25)15(22-18(26)23-30(27)28)6-10-4-11(19)7-12(20)5-10/h2-5,7-9,15H,6H2,1H3,(H,27,28)(H2,22,23,26)/p-1. The zero-order valence-electron chi connectivity index (χ0n) is 15.4. The Morgan fingerprint density at radius 2 is 1.93 bits per heavy atom. The predicted octanol–water partition coefficient (Wildman–Crippen LogP) is 2.24. The number of amides is 3. The van der Waals surface area contributed by atoms with E-state index in [-0.39, 0.29) is 12.0 Å². The summed E-state index contributed by atoms with van der Waals surface area (Å²) in [7, 11) is 1.46. The SMILES string of the molecule is CN(C(=O)C(Cc1cc(F)cc(F)c1)NC(=O)NS(=O)[O-])c1ccc2scnc2c1. The van der Waals surface area contributed by atoms with Crippen LogP contribution >= 0.6 is 11.3 Å². The first-order valence-corrected chi connectivity index (χ1v) is 10.4. The number of nitrogens with one attached hydrogen (secondary N) is 2. The van der Waals surface area contributed by atoms with Gasteiger partial charge >= 0.3 is 6.03 Å². The fourth-order valence-electron chi connectivity index (χ4n) is 2.84. The lowest BCUT2D eigenvalue weighted by atomic mass is 10.0. The highest BCUT2D eigenvalue weighted by molar-refractivity contribution is 7.77. The van der Waals surface area contributed by atoms with Crippen molar-refractivity contribution in [2.75, 3.05) is 11.9 Å². The zero-order chi connectivity index (χ0) is 21.8. The molecular formula is C18H15F2N4O4S2-. The first kappa shape index (κ1) is 21.7. The predicted molar refractivity (Wildman–Crippen MR) is 107 cm³/mol. The van der Waals surface area contributed by atoms with Crippen molar-refractivity contribution < 1.29 is 27.1 Å². The van der Waals surface area contributed by atoms with E-state index >= 15 is 0 Å². The first-order valence-electron chi connectivity index (χ1n) is 8.45. The fraction of sp³-hybridized carbons (Fsp3) is 0.167. The molecule has 158 valence electrons. The molecule has 0 fully saturated rings. The van der Waals surface area contributed by atoms with Crippen LogP contribution in [-0.2, 0) is 22.5 Å². The molecular weight excluding hydrogens is 438 g/mol. The third-order valence-corrected chi connectivity index (χ3v) is 5.34. The Bertz CT molecular complexity index is 1100. The number of halogens is 2. The third-order valence-electron chi connectivity index (χ3n) is 4.17. The van der Waals surface area contributed by atoms with Gasteiger partial charge in [0.2, 0.25) is 5.91 Å². The number of thiazole rings is 1. The van der Waals surface area contributed by atoms with E-state index < -0.39 is 40.9 Å². The molecule has 3 aromatic rings. The van der Waals surface area contributed by atoms with Gasteiger partial charge in [-0.2, -0.15) is 0 Å². The maximum atomic E-state index is 13.5. The highest BCUT2D eigenvalue weighted by atomic mass is 32.2. The minimum Gasteiger partial charge on any atom is -0.755 e. The number of rotatable bonds is 6. The number of carbonyl (C=O) groups is 2. The van der Waals surface area contributed by atoms with Gasteiger partial charge in [-0.25, -0.2) is 18.6 Å². The molecule has 8 nitrogen and oxygen atoms in total. The van der Waals surface area contributed by atoms with Crippen molar-refractivity contribution >= 4 is 50.4 Å². The number of carbonyl (C=O) groups excluding carboxylic acids is 2. The second-order valence-electron chi connectivity index (χ2n) is 6.25. The number of hydrogen-bond donors (Lipinski definition) is 2. The largest absolute Gasteiger partial charge is 0.755 e. The molecule has 2 unspecified atom stereocenters. The first-order chi connectivity index (χ1) is 14.2. The maximum absolute atomic E-state index is 13.5. The van der Waals surface area contributed by atoms with E-state index in [1.165, 1.54) is 23.3 Å². The fourth-order valence-corrected chi connectivity index (χ4v) is 3.71. The van der Waals surface area contributed by atoms with E-state index in [0.717, 1.165) is 16.8 Å². The van der Waals surface area contributed by atoms with Gasteiger partial charge in [-0.3, -0.25) is 13.7 Å². The molecule has 30 heavy (non-hydrogen) atoms. The lowest BCUT2D eigenvalue weighted by Gasteiger charge is -2.25. The smallest absolute Gasteiger partial charge is 0.326 e. The summed E-state index contributed by atoms with van der Waals surface area (Å²) in [5, 5.41) is 2.23. The quantitative estimate of drug-likeness (QED) is 0.556. The summed E-state index contributed by atoms with van der Waals surface area (Å²) in [6, 6.07) is 5.42. The molecule has 0 aliphatic rings. The van der Waals surface area contributed by atoms with Crippen LogP contribution in [0.2, 0.25) is 0 Å². The molecule has 2 N–H and O–H groups in total. The number of aromatic nitrogens is 1. The number of nitrogens with zero attached hydrogens (tertiary/aromatic N) is 2.